The Balaban J connectivity index is 0.000000353. The van der Waals surface area contributed by atoms with Crippen LogP contribution in [0.2, 0.25) is 0 Å². The highest BCUT2D eigenvalue weighted by atomic mass is 35.5. The van der Waals surface area contributed by atoms with Gasteiger partial charge in [-0.2, -0.15) is 18.4 Å². The summed E-state index contributed by atoms with van der Waals surface area (Å²) < 4.78 is 66.0. The van der Waals surface area contributed by atoms with Gasteiger partial charge in [0.15, 0.2) is 14.9 Å². The summed E-state index contributed by atoms with van der Waals surface area (Å²) in [5, 5.41) is 1.31. The number of hydrogen-bond donors (Lipinski definition) is 2. The predicted molar refractivity (Wildman–Crippen MR) is 180 cm³/mol. The first-order chi connectivity index (χ1) is 22.7. The molecule has 0 unspecified atom stereocenters. The minimum atomic E-state index is -4.61. The van der Waals surface area contributed by atoms with E-state index in [1.807, 2.05) is 51.1 Å². The fourth-order valence-electron chi connectivity index (χ4n) is 3.98. The molecule has 2 heterocycles. The average molecular weight is 727 g/mol. The largest absolute Gasteiger partial charge is 0.481 e. The number of carbonyl (C=O) groups excluding carboxylic acids is 2. The van der Waals surface area contributed by atoms with E-state index in [-0.39, 0.29) is 35.2 Å². The van der Waals surface area contributed by atoms with Crippen LogP contribution >= 0.6 is 11.6 Å². The van der Waals surface area contributed by atoms with E-state index >= 15 is 0 Å². The summed E-state index contributed by atoms with van der Waals surface area (Å²) >= 11 is 5.74. The van der Waals surface area contributed by atoms with Gasteiger partial charge in [-0.15, -0.1) is 11.6 Å². The van der Waals surface area contributed by atoms with Gasteiger partial charge in [-0.3, -0.25) is 10.1 Å². The third-order valence-corrected chi connectivity index (χ3v) is 9.53. The van der Waals surface area contributed by atoms with E-state index in [0.29, 0.717) is 19.8 Å². The van der Waals surface area contributed by atoms with Crippen LogP contribution in [0.25, 0.3) is 5.70 Å². The number of ether oxygens (including phenoxy) is 3. The number of anilines is 1. The Kier molecular flexibility index (Phi) is 15.7. The van der Waals surface area contributed by atoms with Crippen molar-refractivity contribution in [1.82, 2.24) is 24.6 Å². The lowest BCUT2D eigenvalue weighted by molar-refractivity contribution is -0.125. The van der Waals surface area contributed by atoms with Crippen molar-refractivity contribution in [2.45, 2.75) is 37.6 Å². The Morgan fingerprint density at radius 3 is 2.08 bits per heavy atom. The molecule has 0 atom stereocenters. The summed E-state index contributed by atoms with van der Waals surface area (Å²) in [6.07, 6.45) is 1.09. The summed E-state index contributed by atoms with van der Waals surface area (Å²) in [6.45, 7) is 8.93. The number of hydrogen-bond acceptors (Lipinski definition) is 12. The van der Waals surface area contributed by atoms with Crippen LogP contribution < -0.4 is 19.5 Å². The first-order valence-electron chi connectivity index (χ1n) is 14.4. The third-order valence-electron chi connectivity index (χ3n) is 6.13. The van der Waals surface area contributed by atoms with Crippen LogP contribution in [0.15, 0.2) is 70.2 Å². The monoisotopic (exact) mass is 726 g/mol. The van der Waals surface area contributed by atoms with Crippen LogP contribution in [0, 0.1) is 0 Å². The number of rotatable bonds is 14. The van der Waals surface area contributed by atoms with Crippen molar-refractivity contribution in [2.75, 3.05) is 50.9 Å². The predicted octanol–water partition coefficient (Wildman–Crippen LogP) is 3.73. The number of benzene rings is 1. The first-order valence-corrected chi connectivity index (χ1v) is 18.1. The molecule has 0 aliphatic rings. The maximum absolute atomic E-state index is 12.5. The molecule has 15 nitrogen and oxygen atoms in total. The molecule has 2 N–H and O–H groups in total. The van der Waals surface area contributed by atoms with Crippen LogP contribution in [-0.4, -0.2) is 94.2 Å². The molecule has 3 amide bonds. The van der Waals surface area contributed by atoms with Gasteiger partial charge in [-0.25, -0.2) is 22.9 Å². The zero-order chi connectivity index (χ0) is 35.9. The summed E-state index contributed by atoms with van der Waals surface area (Å²) in [5.41, 5.74) is 3.00. The number of nitrogens with zero attached hydrogens (tertiary/aromatic N) is 4. The van der Waals surface area contributed by atoms with Gasteiger partial charge in [0.2, 0.25) is 23.6 Å². The van der Waals surface area contributed by atoms with Gasteiger partial charge in [0.1, 0.15) is 10.8 Å². The van der Waals surface area contributed by atoms with Crippen molar-refractivity contribution in [3.05, 3.63) is 65.9 Å². The van der Waals surface area contributed by atoms with Gasteiger partial charge in [-0.05, 0) is 38.5 Å². The van der Waals surface area contributed by atoms with Crippen molar-refractivity contribution in [3.8, 4) is 11.8 Å². The highest BCUT2D eigenvalue weighted by Gasteiger charge is 2.29. The second-order valence-electron chi connectivity index (χ2n) is 9.64. The maximum Gasteiger partial charge on any atom is 0.335 e. The molecule has 0 aliphatic heterocycles. The van der Waals surface area contributed by atoms with Crippen LogP contribution in [0.5, 0.6) is 11.8 Å². The number of carbonyl (C=O) groups is 2. The van der Waals surface area contributed by atoms with Gasteiger partial charge in [0, 0.05) is 25.0 Å². The minimum absolute atomic E-state index is 0.0320. The molecule has 0 fully saturated rings. The molecule has 0 bridgehead atoms. The van der Waals surface area contributed by atoms with E-state index in [0.717, 1.165) is 29.1 Å². The topological polar surface area (TPSA) is 196 Å². The van der Waals surface area contributed by atoms with Gasteiger partial charge in [0.25, 0.3) is 10.0 Å². The number of urea groups is 1. The Labute approximate surface area is 285 Å². The molecule has 18 heteroatoms. The lowest BCUT2D eigenvalue weighted by Gasteiger charge is -2.26. The molecule has 1 aromatic carbocycles. The summed E-state index contributed by atoms with van der Waals surface area (Å²) in [5.74, 6) is -0.657. The second kappa shape index (κ2) is 18.9. The quantitative estimate of drug-likeness (QED) is 0.181. The van der Waals surface area contributed by atoms with E-state index < -0.39 is 35.8 Å². The first kappa shape index (κ1) is 39.9. The minimum Gasteiger partial charge on any atom is -0.481 e. The molecule has 0 saturated heterocycles. The number of nitrogens with one attached hydrogen (secondary N) is 2. The molecule has 3 rings (SSSR count). The third kappa shape index (κ3) is 11.4. The molecule has 0 radical (unpaired) electrons. The fourth-order valence-corrected chi connectivity index (χ4v) is 6.67. The van der Waals surface area contributed by atoms with E-state index in [4.69, 9.17) is 25.8 Å². The van der Waals surface area contributed by atoms with Crippen molar-refractivity contribution in [1.29, 1.82) is 0 Å². The van der Waals surface area contributed by atoms with Crippen molar-refractivity contribution in [3.63, 3.8) is 0 Å². The second-order valence-corrected chi connectivity index (χ2v) is 13.7. The Morgan fingerprint density at radius 1 is 0.938 bits per heavy atom. The lowest BCUT2D eigenvalue weighted by Crippen LogP contribution is -2.36. The van der Waals surface area contributed by atoms with Crippen LogP contribution in [-0.2, 0) is 29.4 Å². The molecule has 262 valence electrons. The molecular formula is C30H39ClN6O9S2. The Morgan fingerprint density at radius 2 is 1.56 bits per heavy atom. The van der Waals surface area contributed by atoms with Crippen LogP contribution in [0.3, 0.4) is 0 Å². The molecule has 3 aromatic rings. The van der Waals surface area contributed by atoms with Gasteiger partial charge in [0.05, 0.1) is 32.6 Å². The van der Waals surface area contributed by atoms with E-state index in [1.165, 1.54) is 33.3 Å². The zero-order valence-electron chi connectivity index (χ0n) is 27.4. The number of aromatic nitrogens is 3. The number of sulfonamides is 1. The van der Waals surface area contributed by atoms with Crippen molar-refractivity contribution in [2.24, 2.45) is 0 Å². The van der Waals surface area contributed by atoms with Crippen LogP contribution in [0.1, 0.15) is 33.3 Å². The van der Waals surface area contributed by atoms with E-state index in [2.05, 4.69) is 20.3 Å². The van der Waals surface area contributed by atoms with Gasteiger partial charge in [-0.1, -0.05) is 42.8 Å². The molecular weight excluding hydrogens is 688 g/mol. The highest BCUT2D eigenvalue weighted by molar-refractivity contribution is 7.93. The number of methoxy groups -OCH3 is 2. The molecule has 0 spiro atoms. The number of pyridine rings is 1. The SMILES string of the molecule is CCOCCN(C(=O)CCl)C(=C(C)C)c1ccccc1.CCS(=O)(=O)c1cccnc1S(=O)(=O)NC(=O)Nc1nc(OC)cc(OC)n1. The van der Waals surface area contributed by atoms with Gasteiger partial charge >= 0.3 is 6.03 Å². The smallest absolute Gasteiger partial charge is 0.335 e. The van der Waals surface area contributed by atoms with Gasteiger partial charge < -0.3 is 19.1 Å². The number of allylic oxidation sites excluding steroid dienone is 1. The van der Waals surface area contributed by atoms with Crippen molar-refractivity contribution >= 4 is 55.0 Å². The number of amides is 3. The highest BCUT2D eigenvalue weighted by Crippen LogP contribution is 2.24. The normalized spacial score (nSPS) is 11.0. The van der Waals surface area contributed by atoms with Crippen LogP contribution in [0.4, 0.5) is 10.7 Å². The number of halogens is 1. The standard InChI is InChI=1S/C16H22ClNO2.C14H17N5O7S2/c1-4-20-11-10-18(15(19)12-17)16(13(2)3)14-8-6-5-7-9-14;1-4-27(21,22)9-6-5-7-15-12(9)28(23,24)19-14(20)18-13-16-10(25-2)8-11(17-13)26-3/h5-9H,4,10-12H2,1-3H3;5-8H,4H2,1-3H3,(H2,16,17,18,19,20). The number of sulfone groups is 1. The Bertz CT molecular complexity index is 1760. The average Bonchev–Trinajstić information content (AvgIpc) is 3.07. The molecule has 2 aromatic heterocycles. The summed E-state index contributed by atoms with van der Waals surface area (Å²) in [6, 6.07) is 12.4. The van der Waals surface area contributed by atoms with Crippen molar-refractivity contribution < 1.29 is 40.6 Å². The lowest BCUT2D eigenvalue weighted by atomic mass is 10.1. The zero-order valence-corrected chi connectivity index (χ0v) is 29.8. The fraction of sp³-hybridized carbons (Fsp3) is 0.367. The maximum atomic E-state index is 12.5. The molecule has 0 saturated carbocycles. The molecule has 0 aliphatic carbocycles. The molecule has 48 heavy (non-hydrogen) atoms. The van der Waals surface area contributed by atoms with E-state index in [9.17, 15) is 26.4 Å². The van der Waals surface area contributed by atoms with E-state index in [1.54, 1.807) is 9.62 Å². The number of alkyl halides is 1. The Hall–Kier alpha value is -4.32. The summed E-state index contributed by atoms with van der Waals surface area (Å²) in [7, 11) is -5.85. The summed E-state index contributed by atoms with van der Waals surface area (Å²) in [4.78, 5) is 36.7.